The van der Waals surface area contributed by atoms with Crippen molar-refractivity contribution in [3.63, 3.8) is 0 Å². The molecule has 12 heteroatoms. The molecule has 4 N–H and O–H groups in total. The lowest BCUT2D eigenvalue weighted by Gasteiger charge is -2.24. The molecule has 2 aromatic rings. The smallest absolute Gasteiger partial charge is 0.416 e. The van der Waals surface area contributed by atoms with Gasteiger partial charge < -0.3 is 25.8 Å². The molecule has 9 nitrogen and oxygen atoms in total. The number of halogens is 3. The molecular formula is C23H22F3N3O6. The van der Waals surface area contributed by atoms with Crippen LogP contribution in [0.1, 0.15) is 39.9 Å². The molecule has 0 bridgehead atoms. The van der Waals surface area contributed by atoms with E-state index in [0.29, 0.717) is 5.56 Å². The number of amides is 3. The molecule has 186 valence electrons. The number of primary amides is 1. The number of hydrogen-bond donors (Lipinski definition) is 3. The van der Waals surface area contributed by atoms with E-state index in [1.54, 1.807) is 0 Å². The largest absolute Gasteiger partial charge is 0.484 e. The van der Waals surface area contributed by atoms with Gasteiger partial charge in [-0.3, -0.25) is 19.2 Å². The van der Waals surface area contributed by atoms with Crippen molar-refractivity contribution in [2.75, 3.05) is 6.61 Å². The summed E-state index contributed by atoms with van der Waals surface area (Å²) in [5.74, 6) is -2.86. The minimum absolute atomic E-state index is 0.000977. The van der Waals surface area contributed by atoms with Crippen LogP contribution in [-0.4, -0.2) is 46.3 Å². The number of aliphatic carboxylic acids is 1. The second kappa shape index (κ2) is 10.5. The first-order chi connectivity index (χ1) is 16.5. The van der Waals surface area contributed by atoms with Crippen LogP contribution >= 0.6 is 0 Å². The first-order valence-corrected chi connectivity index (χ1v) is 10.5. The molecule has 0 fully saturated rings. The first-order valence-electron chi connectivity index (χ1n) is 10.5. The Balaban J connectivity index is 1.59. The lowest BCUT2D eigenvalue weighted by molar-refractivity contribution is -0.139. The van der Waals surface area contributed by atoms with Gasteiger partial charge in [0.25, 0.3) is 11.8 Å². The van der Waals surface area contributed by atoms with Crippen LogP contribution in [0.25, 0.3) is 0 Å². The molecule has 0 radical (unpaired) electrons. The number of carbonyl (C=O) groups is 4. The Morgan fingerprint density at radius 1 is 1.17 bits per heavy atom. The quantitative estimate of drug-likeness (QED) is 0.463. The van der Waals surface area contributed by atoms with Gasteiger partial charge in [-0.05, 0) is 41.8 Å². The molecule has 0 unspecified atom stereocenters. The highest BCUT2D eigenvalue weighted by molar-refractivity contribution is 6.01. The number of nitrogens with zero attached hydrogens (tertiary/aromatic N) is 1. The number of nitrogens with two attached hydrogens (primary N) is 1. The highest BCUT2D eigenvalue weighted by Gasteiger charge is 2.36. The molecule has 2 aromatic carbocycles. The fourth-order valence-electron chi connectivity index (χ4n) is 3.72. The second-order valence-electron chi connectivity index (χ2n) is 7.82. The number of rotatable bonds is 10. The van der Waals surface area contributed by atoms with Crippen molar-refractivity contribution < 1.29 is 42.2 Å². The van der Waals surface area contributed by atoms with Crippen LogP contribution in [0, 0.1) is 0 Å². The number of carbonyl (C=O) groups excluding carboxylic acids is 3. The Bertz CT molecular complexity index is 1150. The van der Waals surface area contributed by atoms with Gasteiger partial charge in [-0.2, -0.15) is 13.2 Å². The van der Waals surface area contributed by atoms with Gasteiger partial charge in [0, 0.05) is 25.1 Å². The third-order valence-corrected chi connectivity index (χ3v) is 5.41. The molecule has 1 aliphatic rings. The first kappa shape index (κ1) is 25.5. The van der Waals surface area contributed by atoms with E-state index in [1.807, 2.05) is 0 Å². The molecule has 0 aliphatic carbocycles. The number of hydrogen-bond acceptors (Lipinski definition) is 5. The zero-order valence-electron chi connectivity index (χ0n) is 18.3. The van der Waals surface area contributed by atoms with Crippen LogP contribution in [0.2, 0.25) is 0 Å². The number of ether oxygens (including phenoxy) is 1. The van der Waals surface area contributed by atoms with E-state index in [-0.39, 0.29) is 42.8 Å². The average molecular weight is 493 g/mol. The van der Waals surface area contributed by atoms with Gasteiger partial charge in [0.15, 0.2) is 6.61 Å². The number of fused-ring (bicyclic) bond motifs is 1. The number of benzene rings is 2. The standard InChI is InChI=1S/C23H22F3N3O6/c24-23(25,26)17-4-2-1-3-13(17)10-28-19(30)12-35-15-5-6-16-14(9-15)11-29(22(16)34)18(21(27)33)7-8-20(31)32/h1-6,9,18H,7-8,10-12H2,(H2,27,33)(H,28,30)(H,31,32)/t18-/m0/s1. The number of alkyl halides is 3. The molecule has 35 heavy (non-hydrogen) atoms. The molecule has 1 aliphatic heterocycles. The van der Waals surface area contributed by atoms with Gasteiger partial charge in [-0.15, -0.1) is 0 Å². The van der Waals surface area contributed by atoms with E-state index in [2.05, 4.69) is 5.32 Å². The Kier molecular flexibility index (Phi) is 7.62. The predicted octanol–water partition coefficient (Wildman–Crippen LogP) is 2.08. The topological polar surface area (TPSA) is 139 Å². The van der Waals surface area contributed by atoms with Crippen LogP contribution in [0.3, 0.4) is 0 Å². The van der Waals surface area contributed by atoms with E-state index >= 15 is 0 Å². The molecule has 0 spiro atoms. The number of carboxylic acids is 1. The summed E-state index contributed by atoms with van der Waals surface area (Å²) >= 11 is 0. The normalized spacial score (nSPS) is 13.8. The van der Waals surface area contributed by atoms with Crippen LogP contribution in [0.4, 0.5) is 13.2 Å². The molecule has 0 aromatic heterocycles. The highest BCUT2D eigenvalue weighted by Crippen LogP contribution is 2.32. The third kappa shape index (κ3) is 6.28. The van der Waals surface area contributed by atoms with Gasteiger partial charge >= 0.3 is 12.1 Å². The van der Waals surface area contributed by atoms with E-state index in [4.69, 9.17) is 15.6 Å². The van der Waals surface area contributed by atoms with Gasteiger partial charge in [-0.1, -0.05) is 18.2 Å². The Morgan fingerprint density at radius 2 is 1.89 bits per heavy atom. The average Bonchev–Trinajstić information content (AvgIpc) is 3.11. The minimum Gasteiger partial charge on any atom is -0.484 e. The Morgan fingerprint density at radius 3 is 2.54 bits per heavy atom. The second-order valence-corrected chi connectivity index (χ2v) is 7.82. The molecule has 3 amide bonds. The molecule has 3 rings (SSSR count). The maximum absolute atomic E-state index is 13.1. The van der Waals surface area contributed by atoms with E-state index in [0.717, 1.165) is 6.07 Å². The van der Waals surface area contributed by atoms with Crippen LogP contribution < -0.4 is 15.8 Å². The molecule has 0 saturated carbocycles. The van der Waals surface area contributed by atoms with Crippen molar-refractivity contribution in [3.05, 3.63) is 64.7 Å². The zero-order valence-corrected chi connectivity index (χ0v) is 18.3. The fourth-order valence-corrected chi connectivity index (χ4v) is 3.72. The molecule has 1 atom stereocenters. The minimum atomic E-state index is -4.55. The summed E-state index contributed by atoms with van der Waals surface area (Å²) in [5.41, 5.74) is 5.21. The third-order valence-electron chi connectivity index (χ3n) is 5.41. The van der Waals surface area contributed by atoms with Crippen LogP contribution in [0.15, 0.2) is 42.5 Å². The van der Waals surface area contributed by atoms with E-state index in [1.165, 1.54) is 41.3 Å². The van der Waals surface area contributed by atoms with Gasteiger partial charge in [-0.25, -0.2) is 0 Å². The van der Waals surface area contributed by atoms with Crippen molar-refractivity contribution in [1.29, 1.82) is 0 Å². The van der Waals surface area contributed by atoms with Crippen molar-refractivity contribution in [1.82, 2.24) is 10.2 Å². The van der Waals surface area contributed by atoms with Crippen molar-refractivity contribution in [2.24, 2.45) is 5.73 Å². The monoisotopic (exact) mass is 493 g/mol. The maximum atomic E-state index is 13.1. The van der Waals surface area contributed by atoms with E-state index < -0.39 is 48.1 Å². The summed E-state index contributed by atoms with van der Waals surface area (Å²) < 4.78 is 44.6. The van der Waals surface area contributed by atoms with Crippen molar-refractivity contribution in [2.45, 2.75) is 38.1 Å². The number of nitrogens with one attached hydrogen (secondary N) is 1. The summed E-state index contributed by atoms with van der Waals surface area (Å²) in [7, 11) is 0. The lowest BCUT2D eigenvalue weighted by atomic mass is 10.1. The Hall–Kier alpha value is -4.09. The van der Waals surface area contributed by atoms with Crippen LogP contribution in [0.5, 0.6) is 5.75 Å². The predicted molar refractivity (Wildman–Crippen MR) is 115 cm³/mol. The zero-order chi connectivity index (χ0) is 25.8. The summed E-state index contributed by atoms with van der Waals surface area (Å²) in [5, 5.41) is 11.2. The summed E-state index contributed by atoms with van der Waals surface area (Å²) in [6.07, 6.45) is -5.02. The highest BCUT2D eigenvalue weighted by atomic mass is 19.4. The SMILES string of the molecule is NC(=O)[C@H](CCC(=O)O)N1Cc2cc(OCC(=O)NCc3ccccc3C(F)(F)F)ccc2C1=O. The van der Waals surface area contributed by atoms with Gasteiger partial charge in [0.1, 0.15) is 11.8 Å². The maximum Gasteiger partial charge on any atom is 0.416 e. The van der Waals surface area contributed by atoms with Crippen molar-refractivity contribution in [3.8, 4) is 5.75 Å². The summed E-state index contributed by atoms with van der Waals surface area (Å²) in [6, 6.07) is 8.17. The van der Waals surface area contributed by atoms with E-state index in [9.17, 15) is 32.3 Å². The van der Waals surface area contributed by atoms with Crippen molar-refractivity contribution >= 4 is 23.7 Å². The fraction of sp³-hybridized carbons (Fsp3) is 0.304. The molecule has 0 saturated heterocycles. The lowest BCUT2D eigenvalue weighted by Crippen LogP contribution is -2.45. The molecular weight excluding hydrogens is 471 g/mol. The number of carboxylic acid groups (broad SMARTS) is 1. The Labute approximate surface area is 197 Å². The summed E-state index contributed by atoms with van der Waals surface area (Å²) in [6.45, 7) is -0.817. The van der Waals surface area contributed by atoms with Gasteiger partial charge in [0.05, 0.1) is 5.56 Å². The summed E-state index contributed by atoms with van der Waals surface area (Å²) in [4.78, 5) is 48.6. The van der Waals surface area contributed by atoms with Gasteiger partial charge in [0.2, 0.25) is 5.91 Å². The van der Waals surface area contributed by atoms with Crippen LogP contribution in [-0.2, 0) is 33.6 Å². The molecule has 1 heterocycles.